The number of nitrogens with two attached hydrogens (primary N) is 1. The van der Waals surface area contributed by atoms with Gasteiger partial charge in [0.2, 0.25) is 0 Å². The van der Waals surface area contributed by atoms with Crippen LogP contribution >= 0.6 is 0 Å². The van der Waals surface area contributed by atoms with Crippen LogP contribution in [0, 0.1) is 0 Å². The number of carboxylic acids is 1. The Kier molecular flexibility index (Phi) is 4.96. The molecule has 0 aromatic rings. The lowest BCUT2D eigenvalue weighted by Crippen LogP contribution is -2.53. The van der Waals surface area contributed by atoms with E-state index in [0.29, 0.717) is 13.1 Å². The molecule has 17 heavy (non-hydrogen) atoms. The first kappa shape index (κ1) is 13.5. The maximum atomic E-state index is 11.8. The molecule has 6 nitrogen and oxygen atoms in total. The minimum Gasteiger partial charge on any atom is -0.480 e. The Morgan fingerprint density at radius 3 is 2.88 bits per heavy atom. The average Bonchev–Trinajstić information content (AvgIpc) is 2.28. The number of carbonyl (C=O) groups excluding carboxylic acids is 1. The van der Waals surface area contributed by atoms with Gasteiger partial charge in [-0.2, -0.15) is 0 Å². The summed E-state index contributed by atoms with van der Waals surface area (Å²) < 4.78 is 0. The lowest BCUT2D eigenvalue weighted by Gasteiger charge is -2.31. The number of hydrogen-bond acceptors (Lipinski definition) is 3. The number of aliphatic carboxylic acids is 1. The van der Waals surface area contributed by atoms with Crippen LogP contribution in [0.3, 0.4) is 0 Å². The second-order valence-electron chi connectivity index (χ2n) is 4.21. The van der Waals surface area contributed by atoms with E-state index in [1.807, 2.05) is 0 Å². The van der Waals surface area contributed by atoms with Gasteiger partial charge in [-0.25, -0.2) is 9.59 Å². The molecule has 1 fully saturated rings. The highest BCUT2D eigenvalue weighted by molar-refractivity contribution is 5.82. The van der Waals surface area contributed by atoms with E-state index in [9.17, 15) is 9.59 Å². The molecule has 0 spiro atoms. The molecule has 0 saturated carbocycles. The fourth-order valence-electron chi connectivity index (χ4n) is 1.82. The maximum absolute atomic E-state index is 11.8. The van der Waals surface area contributed by atoms with E-state index in [0.717, 1.165) is 12.8 Å². The summed E-state index contributed by atoms with van der Waals surface area (Å²) in [6.45, 7) is 4.57. The summed E-state index contributed by atoms with van der Waals surface area (Å²) in [6, 6.07) is -1.30. The van der Waals surface area contributed by atoms with Crippen molar-refractivity contribution in [1.82, 2.24) is 10.2 Å². The summed E-state index contributed by atoms with van der Waals surface area (Å²) in [7, 11) is 0. The number of nitrogens with zero attached hydrogens (tertiary/aromatic N) is 1. The van der Waals surface area contributed by atoms with Crippen molar-refractivity contribution in [2.45, 2.75) is 31.3 Å². The van der Waals surface area contributed by atoms with E-state index in [-0.39, 0.29) is 18.5 Å². The van der Waals surface area contributed by atoms with Gasteiger partial charge in [0.1, 0.15) is 6.04 Å². The van der Waals surface area contributed by atoms with Crippen LogP contribution in [0.25, 0.3) is 0 Å². The molecule has 1 saturated heterocycles. The standard InChI is InChI=1S/C11H19N3O3/c1-2-4-9(10(15)16)13-11(17)14-6-3-5-8(12)7-14/h2,8-9H,1,3-7,12H2,(H,13,17)(H,15,16). The number of rotatable bonds is 4. The molecule has 2 atom stereocenters. The van der Waals surface area contributed by atoms with Gasteiger partial charge in [-0.15, -0.1) is 6.58 Å². The minimum atomic E-state index is -1.06. The van der Waals surface area contributed by atoms with Gasteiger partial charge >= 0.3 is 12.0 Å². The van der Waals surface area contributed by atoms with Crippen molar-refractivity contribution in [3.63, 3.8) is 0 Å². The van der Waals surface area contributed by atoms with Crippen molar-refractivity contribution in [2.75, 3.05) is 13.1 Å². The molecular weight excluding hydrogens is 222 g/mol. The molecule has 4 N–H and O–H groups in total. The molecular formula is C11H19N3O3. The van der Waals surface area contributed by atoms with Crippen LogP contribution in [-0.2, 0) is 4.79 Å². The molecule has 0 bridgehead atoms. The van der Waals surface area contributed by atoms with E-state index >= 15 is 0 Å². The number of likely N-dealkylation sites (tertiary alicyclic amines) is 1. The van der Waals surface area contributed by atoms with Gasteiger partial charge < -0.3 is 21.1 Å². The minimum absolute atomic E-state index is 0.0165. The van der Waals surface area contributed by atoms with Crippen LogP contribution in [0.5, 0.6) is 0 Å². The van der Waals surface area contributed by atoms with Crippen molar-refractivity contribution < 1.29 is 14.7 Å². The lowest BCUT2D eigenvalue weighted by atomic mass is 10.1. The highest BCUT2D eigenvalue weighted by Gasteiger charge is 2.25. The van der Waals surface area contributed by atoms with Crippen molar-refractivity contribution in [2.24, 2.45) is 5.73 Å². The van der Waals surface area contributed by atoms with E-state index in [1.54, 1.807) is 4.90 Å². The van der Waals surface area contributed by atoms with Crippen LogP contribution in [0.4, 0.5) is 4.79 Å². The molecule has 1 aliphatic heterocycles. The van der Waals surface area contributed by atoms with Gasteiger partial charge in [-0.05, 0) is 19.3 Å². The maximum Gasteiger partial charge on any atom is 0.326 e. The number of amides is 2. The van der Waals surface area contributed by atoms with Crippen molar-refractivity contribution >= 4 is 12.0 Å². The Hall–Kier alpha value is -1.56. The van der Waals surface area contributed by atoms with Gasteiger partial charge in [0.15, 0.2) is 0 Å². The van der Waals surface area contributed by atoms with Gasteiger partial charge in [0.05, 0.1) is 0 Å². The third kappa shape index (κ3) is 4.07. The summed E-state index contributed by atoms with van der Waals surface area (Å²) in [4.78, 5) is 24.2. The first-order valence-electron chi connectivity index (χ1n) is 5.69. The largest absolute Gasteiger partial charge is 0.480 e. The zero-order valence-corrected chi connectivity index (χ0v) is 9.76. The van der Waals surface area contributed by atoms with Crippen LogP contribution < -0.4 is 11.1 Å². The van der Waals surface area contributed by atoms with Crippen LogP contribution in [0.15, 0.2) is 12.7 Å². The Morgan fingerprint density at radius 2 is 2.35 bits per heavy atom. The number of urea groups is 1. The smallest absolute Gasteiger partial charge is 0.326 e. The number of nitrogens with one attached hydrogen (secondary N) is 1. The SMILES string of the molecule is C=CCC(NC(=O)N1CCCC(N)C1)C(=O)O. The molecule has 1 rings (SSSR count). The van der Waals surface area contributed by atoms with E-state index < -0.39 is 12.0 Å². The molecule has 2 unspecified atom stereocenters. The molecule has 0 aromatic carbocycles. The second-order valence-corrected chi connectivity index (χ2v) is 4.21. The number of hydrogen-bond donors (Lipinski definition) is 3. The third-order valence-corrected chi connectivity index (χ3v) is 2.74. The highest BCUT2D eigenvalue weighted by atomic mass is 16.4. The van der Waals surface area contributed by atoms with Crippen molar-refractivity contribution in [1.29, 1.82) is 0 Å². The summed E-state index contributed by atoms with van der Waals surface area (Å²) in [5, 5.41) is 11.4. The first-order chi connectivity index (χ1) is 8.04. The Morgan fingerprint density at radius 1 is 1.65 bits per heavy atom. The normalized spacial score (nSPS) is 21.7. The van der Waals surface area contributed by atoms with E-state index in [4.69, 9.17) is 10.8 Å². The molecule has 96 valence electrons. The molecule has 6 heteroatoms. The molecule has 1 aliphatic rings. The Balaban J connectivity index is 2.51. The molecule has 1 heterocycles. The Bertz CT molecular complexity index is 306. The molecule has 0 aromatic heterocycles. The van der Waals surface area contributed by atoms with Crippen LogP contribution in [0.2, 0.25) is 0 Å². The van der Waals surface area contributed by atoms with Gasteiger partial charge in [0.25, 0.3) is 0 Å². The van der Waals surface area contributed by atoms with Crippen LogP contribution in [0.1, 0.15) is 19.3 Å². The number of piperidine rings is 1. The van der Waals surface area contributed by atoms with Crippen LogP contribution in [-0.4, -0.2) is 47.2 Å². The molecule has 2 amide bonds. The summed E-state index contributed by atoms with van der Waals surface area (Å²) in [5.41, 5.74) is 5.76. The second kappa shape index (κ2) is 6.24. The first-order valence-corrected chi connectivity index (χ1v) is 5.69. The fourth-order valence-corrected chi connectivity index (χ4v) is 1.82. The summed E-state index contributed by atoms with van der Waals surface area (Å²) in [5.74, 6) is -1.06. The predicted molar refractivity (Wildman–Crippen MR) is 63.6 cm³/mol. The lowest BCUT2D eigenvalue weighted by molar-refractivity contribution is -0.139. The zero-order chi connectivity index (χ0) is 12.8. The number of carboxylic acid groups (broad SMARTS) is 1. The van der Waals surface area contributed by atoms with Crippen molar-refractivity contribution in [3.8, 4) is 0 Å². The predicted octanol–water partition coefficient (Wildman–Crippen LogP) is 0.148. The number of carbonyl (C=O) groups is 2. The topological polar surface area (TPSA) is 95.7 Å². The molecule has 0 radical (unpaired) electrons. The van der Waals surface area contributed by atoms with E-state index in [2.05, 4.69) is 11.9 Å². The quantitative estimate of drug-likeness (QED) is 0.610. The summed E-state index contributed by atoms with van der Waals surface area (Å²) >= 11 is 0. The fraction of sp³-hybridized carbons (Fsp3) is 0.636. The van der Waals surface area contributed by atoms with Gasteiger partial charge in [-0.3, -0.25) is 0 Å². The summed E-state index contributed by atoms with van der Waals surface area (Å²) in [6.07, 6.45) is 3.44. The zero-order valence-electron chi connectivity index (χ0n) is 9.76. The Labute approximate surface area is 100 Å². The monoisotopic (exact) mass is 241 g/mol. The van der Waals surface area contributed by atoms with E-state index in [1.165, 1.54) is 6.08 Å². The highest BCUT2D eigenvalue weighted by Crippen LogP contribution is 2.08. The van der Waals surface area contributed by atoms with Crippen molar-refractivity contribution in [3.05, 3.63) is 12.7 Å². The average molecular weight is 241 g/mol. The molecule has 0 aliphatic carbocycles. The van der Waals surface area contributed by atoms with Gasteiger partial charge in [-0.1, -0.05) is 6.08 Å². The third-order valence-electron chi connectivity index (χ3n) is 2.74. The van der Waals surface area contributed by atoms with Gasteiger partial charge in [0, 0.05) is 19.1 Å².